The molecule has 0 spiro atoms. The summed E-state index contributed by atoms with van der Waals surface area (Å²) in [4.78, 5) is 14.1. The number of rotatable bonds is 5. The van der Waals surface area contributed by atoms with Gasteiger partial charge in [-0.25, -0.2) is 0 Å². The lowest BCUT2D eigenvalue weighted by molar-refractivity contribution is -0.133. The zero-order valence-electron chi connectivity index (χ0n) is 12.2. The summed E-state index contributed by atoms with van der Waals surface area (Å²) >= 11 is 0. The topological polar surface area (TPSA) is 38.1 Å². The summed E-state index contributed by atoms with van der Waals surface area (Å²) in [5, 5.41) is 4.39. The Morgan fingerprint density at radius 2 is 2.05 bits per heavy atom. The molecule has 1 heterocycles. The third-order valence-corrected chi connectivity index (χ3v) is 4.75. The van der Waals surface area contributed by atoms with Crippen molar-refractivity contribution < 1.29 is 4.79 Å². The van der Waals surface area contributed by atoms with Crippen molar-refractivity contribution in [3.05, 3.63) is 53.9 Å². The Balaban J connectivity index is 1.39. The molecule has 2 fully saturated rings. The fourth-order valence-corrected chi connectivity index (χ4v) is 3.12. The van der Waals surface area contributed by atoms with Gasteiger partial charge >= 0.3 is 0 Å². The van der Waals surface area contributed by atoms with Gasteiger partial charge in [0.1, 0.15) is 0 Å². The van der Waals surface area contributed by atoms with Gasteiger partial charge in [-0.1, -0.05) is 30.3 Å². The molecule has 0 unspecified atom stereocenters. The molecule has 0 saturated heterocycles. The highest BCUT2D eigenvalue weighted by Crippen LogP contribution is 2.75. The van der Waals surface area contributed by atoms with Crippen LogP contribution in [0.3, 0.4) is 0 Å². The van der Waals surface area contributed by atoms with Crippen LogP contribution in [-0.2, 0) is 17.9 Å². The normalized spacial score (nSPS) is 25.3. The highest BCUT2D eigenvalue weighted by atomic mass is 16.2. The lowest BCUT2D eigenvalue weighted by Gasteiger charge is -2.17. The molecule has 2 aliphatic rings. The molecular formula is C17H19N3O. The maximum Gasteiger partial charge on any atom is 0.229 e. The number of aromatic nitrogens is 2. The van der Waals surface area contributed by atoms with Crippen LogP contribution in [0.15, 0.2) is 42.7 Å². The zero-order chi connectivity index (χ0) is 14.4. The molecule has 0 bridgehead atoms. The zero-order valence-corrected chi connectivity index (χ0v) is 12.2. The molecule has 21 heavy (non-hydrogen) atoms. The summed E-state index contributed by atoms with van der Waals surface area (Å²) in [6, 6.07) is 10.3. The van der Waals surface area contributed by atoms with E-state index < -0.39 is 0 Å². The third-order valence-electron chi connectivity index (χ3n) is 4.75. The maximum absolute atomic E-state index is 12.3. The van der Waals surface area contributed by atoms with Gasteiger partial charge in [0.2, 0.25) is 5.91 Å². The number of carbonyl (C=O) groups excluding carboxylic acids is 1. The highest BCUT2D eigenvalue weighted by Gasteiger charge is 2.75. The number of hydrogen-bond acceptors (Lipinski definition) is 2. The van der Waals surface area contributed by atoms with Gasteiger partial charge in [0.25, 0.3) is 0 Å². The van der Waals surface area contributed by atoms with Crippen LogP contribution in [0.5, 0.6) is 0 Å². The Morgan fingerprint density at radius 3 is 2.71 bits per heavy atom. The lowest BCUT2D eigenvalue weighted by atomic mass is 10.2. The molecule has 1 aromatic carbocycles. The first-order chi connectivity index (χ1) is 10.2. The van der Waals surface area contributed by atoms with E-state index in [0.717, 1.165) is 24.9 Å². The van der Waals surface area contributed by atoms with E-state index in [-0.39, 0.29) is 5.41 Å². The van der Waals surface area contributed by atoms with E-state index in [1.807, 2.05) is 47.2 Å². The van der Waals surface area contributed by atoms with Crippen LogP contribution in [0, 0.1) is 11.3 Å². The summed E-state index contributed by atoms with van der Waals surface area (Å²) in [5.74, 6) is 1.02. The summed E-state index contributed by atoms with van der Waals surface area (Å²) in [5.41, 5.74) is 2.39. The quantitative estimate of drug-likeness (QED) is 0.843. The highest BCUT2D eigenvalue weighted by molar-refractivity contribution is 5.89. The second-order valence-electron chi connectivity index (χ2n) is 6.45. The Labute approximate surface area is 124 Å². The molecule has 2 aliphatic carbocycles. The van der Waals surface area contributed by atoms with Crippen LogP contribution in [0.25, 0.3) is 0 Å². The van der Waals surface area contributed by atoms with Crippen molar-refractivity contribution in [2.24, 2.45) is 11.3 Å². The van der Waals surface area contributed by atoms with Crippen molar-refractivity contribution in [2.75, 3.05) is 7.05 Å². The van der Waals surface area contributed by atoms with Gasteiger partial charge in [0.15, 0.2) is 0 Å². The first-order valence-electron chi connectivity index (χ1n) is 7.48. The van der Waals surface area contributed by atoms with E-state index in [1.54, 1.807) is 0 Å². The van der Waals surface area contributed by atoms with E-state index in [9.17, 15) is 4.79 Å². The van der Waals surface area contributed by atoms with Crippen LogP contribution in [0.1, 0.15) is 24.0 Å². The fraction of sp³-hybridized carbons (Fsp3) is 0.412. The van der Waals surface area contributed by atoms with Gasteiger partial charge in [-0.15, -0.1) is 0 Å². The number of hydrogen-bond donors (Lipinski definition) is 0. The van der Waals surface area contributed by atoms with E-state index in [1.165, 1.54) is 5.56 Å². The largest absolute Gasteiger partial charge is 0.341 e. The first kappa shape index (κ1) is 12.6. The number of benzene rings is 1. The van der Waals surface area contributed by atoms with Crippen molar-refractivity contribution in [3.8, 4) is 0 Å². The van der Waals surface area contributed by atoms with Crippen molar-refractivity contribution in [2.45, 2.75) is 25.9 Å². The number of carbonyl (C=O) groups is 1. The van der Waals surface area contributed by atoms with E-state index in [0.29, 0.717) is 18.4 Å². The minimum absolute atomic E-state index is 0.0643. The average Bonchev–Trinajstić information content (AvgIpc) is 3.30. The maximum atomic E-state index is 12.3. The minimum atomic E-state index is 0.0643. The van der Waals surface area contributed by atoms with Crippen molar-refractivity contribution in [1.82, 2.24) is 14.7 Å². The van der Waals surface area contributed by atoms with Crippen LogP contribution in [0.2, 0.25) is 0 Å². The molecule has 108 valence electrons. The number of nitrogens with zero attached hydrogens (tertiary/aromatic N) is 3. The molecule has 1 amide bonds. The average molecular weight is 281 g/mol. The lowest BCUT2D eigenvalue weighted by Crippen LogP contribution is -2.30. The second-order valence-corrected chi connectivity index (χ2v) is 6.45. The third kappa shape index (κ3) is 2.24. The Hall–Kier alpha value is -2.10. The molecule has 4 heteroatoms. The van der Waals surface area contributed by atoms with Crippen LogP contribution < -0.4 is 0 Å². The van der Waals surface area contributed by atoms with Crippen molar-refractivity contribution in [1.29, 1.82) is 0 Å². The van der Waals surface area contributed by atoms with Crippen LogP contribution in [-0.4, -0.2) is 27.6 Å². The minimum Gasteiger partial charge on any atom is -0.341 e. The van der Waals surface area contributed by atoms with Crippen LogP contribution >= 0.6 is 0 Å². The van der Waals surface area contributed by atoms with E-state index in [4.69, 9.17) is 0 Å². The SMILES string of the molecule is CN(Cc1cnn(Cc2ccccc2)c1)C(=O)C12CC1C2. The summed E-state index contributed by atoms with van der Waals surface area (Å²) in [7, 11) is 1.90. The van der Waals surface area contributed by atoms with Gasteiger partial charge < -0.3 is 4.90 Å². The molecule has 4 nitrogen and oxygen atoms in total. The van der Waals surface area contributed by atoms with Crippen LogP contribution in [0.4, 0.5) is 0 Å². The molecule has 0 aliphatic heterocycles. The molecule has 0 radical (unpaired) electrons. The van der Waals surface area contributed by atoms with E-state index >= 15 is 0 Å². The second kappa shape index (κ2) is 4.45. The first-order valence-corrected chi connectivity index (χ1v) is 7.48. The molecule has 0 atom stereocenters. The van der Waals surface area contributed by atoms with Gasteiger partial charge in [0, 0.05) is 25.4 Å². The predicted molar refractivity (Wildman–Crippen MR) is 79.4 cm³/mol. The Bertz CT molecular complexity index is 670. The predicted octanol–water partition coefficient (Wildman–Crippen LogP) is 2.30. The molecule has 2 saturated carbocycles. The molecular weight excluding hydrogens is 262 g/mol. The standard InChI is InChI=1S/C17H19N3O/c1-19(16(21)17-7-15(17)8-17)10-14-9-18-20(12-14)11-13-5-3-2-4-6-13/h2-6,9,12,15H,7-8,10-11H2,1H3. The number of fused-ring (bicyclic) bond motifs is 1. The number of amides is 1. The van der Waals surface area contributed by atoms with E-state index in [2.05, 4.69) is 17.2 Å². The molecule has 2 aromatic rings. The molecule has 1 aromatic heterocycles. The Kier molecular flexibility index (Phi) is 2.67. The van der Waals surface area contributed by atoms with Gasteiger partial charge in [0.05, 0.1) is 18.2 Å². The van der Waals surface area contributed by atoms with Gasteiger partial charge in [-0.05, 0) is 24.3 Å². The van der Waals surface area contributed by atoms with Gasteiger partial charge in [-0.2, -0.15) is 5.10 Å². The summed E-state index contributed by atoms with van der Waals surface area (Å²) < 4.78 is 1.93. The molecule has 0 N–H and O–H groups in total. The monoisotopic (exact) mass is 281 g/mol. The fourth-order valence-electron chi connectivity index (χ4n) is 3.12. The van der Waals surface area contributed by atoms with Crippen molar-refractivity contribution >= 4 is 5.91 Å². The summed E-state index contributed by atoms with van der Waals surface area (Å²) in [6.45, 7) is 1.42. The Morgan fingerprint density at radius 1 is 1.33 bits per heavy atom. The molecule has 4 rings (SSSR count). The van der Waals surface area contributed by atoms with Crippen molar-refractivity contribution in [3.63, 3.8) is 0 Å². The smallest absolute Gasteiger partial charge is 0.229 e. The van der Waals surface area contributed by atoms with Gasteiger partial charge in [-0.3, -0.25) is 9.48 Å². The summed E-state index contributed by atoms with van der Waals surface area (Å²) in [6.07, 6.45) is 6.13.